The first-order valence-corrected chi connectivity index (χ1v) is 12.2. The van der Waals surface area contributed by atoms with Crippen LogP contribution in [0, 0.1) is 0 Å². The maximum Gasteiger partial charge on any atom is 0.227 e. The zero-order valence-electron chi connectivity index (χ0n) is 21.8. The molecule has 0 saturated heterocycles. The standard InChI is InChI=1S/C27H36O9/c1-6-7-11-16-20(29)25(34-3)17(21(30)24(16)33-2)12-9-8-10-13-18-22(31)27(36-5)19(14-15-28)23(32)26(18)35-4/h28H,6-15H2,1-5H3. The molecule has 0 spiro atoms. The molecule has 36 heavy (non-hydrogen) atoms. The SMILES string of the molecule is CCCCC1=C(OC)C(=O)C(CCCCCC2=C(OC)C(=O)C(CCO)=C(OC)C2=O)=C(OC)C1=O. The second-order valence-corrected chi connectivity index (χ2v) is 8.50. The number of unbranched alkanes of at least 4 members (excludes halogenated alkanes) is 3. The van der Waals surface area contributed by atoms with Gasteiger partial charge in [0.05, 0.1) is 34.0 Å². The Labute approximate surface area is 211 Å². The summed E-state index contributed by atoms with van der Waals surface area (Å²) in [7, 11) is 5.41. The van der Waals surface area contributed by atoms with Crippen LogP contribution in [0.4, 0.5) is 0 Å². The van der Waals surface area contributed by atoms with Crippen LogP contribution in [-0.2, 0) is 38.1 Å². The monoisotopic (exact) mass is 504 g/mol. The summed E-state index contributed by atoms with van der Waals surface area (Å²) in [5.41, 5.74) is 0.975. The van der Waals surface area contributed by atoms with E-state index in [-0.39, 0.29) is 65.2 Å². The Morgan fingerprint density at radius 3 is 1.08 bits per heavy atom. The quantitative estimate of drug-likeness (QED) is 0.264. The molecular formula is C27H36O9. The lowest BCUT2D eigenvalue weighted by atomic mass is 9.87. The Balaban J connectivity index is 2.09. The molecule has 0 heterocycles. The highest BCUT2D eigenvalue weighted by atomic mass is 16.5. The summed E-state index contributed by atoms with van der Waals surface area (Å²) < 4.78 is 21.0. The van der Waals surface area contributed by atoms with Crippen molar-refractivity contribution in [3.8, 4) is 0 Å². The third-order valence-corrected chi connectivity index (χ3v) is 6.33. The Morgan fingerprint density at radius 2 is 0.806 bits per heavy atom. The molecule has 2 aliphatic carbocycles. The van der Waals surface area contributed by atoms with Crippen LogP contribution >= 0.6 is 0 Å². The highest BCUT2D eigenvalue weighted by Gasteiger charge is 2.37. The molecule has 0 unspecified atom stereocenters. The second kappa shape index (κ2) is 13.8. The lowest BCUT2D eigenvalue weighted by molar-refractivity contribution is -0.121. The van der Waals surface area contributed by atoms with Gasteiger partial charge in [-0.3, -0.25) is 19.2 Å². The van der Waals surface area contributed by atoms with E-state index in [1.54, 1.807) is 0 Å². The maximum absolute atomic E-state index is 13.1. The number of aliphatic hydroxyl groups excluding tert-OH is 1. The molecule has 2 rings (SSSR count). The van der Waals surface area contributed by atoms with Gasteiger partial charge in [-0.2, -0.15) is 0 Å². The third kappa shape index (κ3) is 5.95. The van der Waals surface area contributed by atoms with Gasteiger partial charge in [-0.25, -0.2) is 0 Å². The summed E-state index contributed by atoms with van der Waals surface area (Å²) >= 11 is 0. The number of ether oxygens (including phenoxy) is 4. The van der Waals surface area contributed by atoms with Crippen molar-refractivity contribution in [3.05, 3.63) is 45.3 Å². The molecular weight excluding hydrogens is 468 g/mol. The summed E-state index contributed by atoms with van der Waals surface area (Å²) in [5, 5.41) is 9.25. The molecule has 0 bridgehead atoms. The Kier molecular flexibility index (Phi) is 11.1. The van der Waals surface area contributed by atoms with Crippen LogP contribution < -0.4 is 0 Å². The van der Waals surface area contributed by atoms with Crippen LogP contribution in [-0.4, -0.2) is 63.3 Å². The lowest BCUT2D eigenvalue weighted by Gasteiger charge is -2.22. The molecule has 9 nitrogen and oxygen atoms in total. The Hall–Kier alpha value is -3.20. The Morgan fingerprint density at radius 1 is 0.500 bits per heavy atom. The summed E-state index contributed by atoms with van der Waals surface area (Å²) in [6.07, 6.45) is 4.39. The maximum atomic E-state index is 13.1. The van der Waals surface area contributed by atoms with Crippen LogP contribution in [0.25, 0.3) is 0 Å². The van der Waals surface area contributed by atoms with E-state index in [9.17, 15) is 24.3 Å². The molecule has 198 valence electrons. The van der Waals surface area contributed by atoms with E-state index in [0.29, 0.717) is 43.3 Å². The molecule has 2 aliphatic rings. The molecule has 0 saturated carbocycles. The molecule has 0 atom stereocenters. The van der Waals surface area contributed by atoms with Crippen LogP contribution in [0.5, 0.6) is 0 Å². The Bertz CT molecular complexity index is 1020. The van der Waals surface area contributed by atoms with Crippen molar-refractivity contribution in [1.82, 2.24) is 0 Å². The van der Waals surface area contributed by atoms with Gasteiger partial charge in [0.15, 0.2) is 23.0 Å². The number of rotatable bonds is 15. The van der Waals surface area contributed by atoms with E-state index in [1.807, 2.05) is 6.92 Å². The van der Waals surface area contributed by atoms with Crippen LogP contribution in [0.2, 0.25) is 0 Å². The van der Waals surface area contributed by atoms with Crippen molar-refractivity contribution in [2.45, 2.75) is 64.7 Å². The molecule has 0 fully saturated rings. The molecule has 0 aromatic rings. The molecule has 0 amide bonds. The van der Waals surface area contributed by atoms with E-state index in [1.165, 1.54) is 28.4 Å². The predicted molar refractivity (Wildman–Crippen MR) is 130 cm³/mol. The molecule has 0 aromatic heterocycles. The van der Waals surface area contributed by atoms with E-state index in [0.717, 1.165) is 12.8 Å². The molecule has 1 N–H and O–H groups in total. The highest BCUT2D eigenvalue weighted by Crippen LogP contribution is 2.33. The fourth-order valence-electron chi connectivity index (χ4n) is 4.53. The minimum absolute atomic E-state index is 0.00432. The average Bonchev–Trinajstić information content (AvgIpc) is 2.87. The number of ketones is 4. The third-order valence-electron chi connectivity index (χ3n) is 6.33. The number of methoxy groups -OCH3 is 4. The van der Waals surface area contributed by atoms with Crippen molar-refractivity contribution in [2.75, 3.05) is 35.0 Å². The van der Waals surface area contributed by atoms with Gasteiger partial charge in [0, 0.05) is 29.7 Å². The summed E-state index contributed by atoms with van der Waals surface area (Å²) in [6, 6.07) is 0. The highest BCUT2D eigenvalue weighted by molar-refractivity contribution is 6.24. The summed E-state index contributed by atoms with van der Waals surface area (Å²) in [4.78, 5) is 51.7. The minimum atomic E-state index is -0.461. The van der Waals surface area contributed by atoms with Gasteiger partial charge in [-0.15, -0.1) is 0 Å². The lowest BCUT2D eigenvalue weighted by Crippen LogP contribution is -2.26. The number of carbonyl (C=O) groups excluding carboxylic acids is 4. The topological polar surface area (TPSA) is 125 Å². The first-order chi connectivity index (χ1) is 17.3. The van der Waals surface area contributed by atoms with Gasteiger partial charge in [-0.1, -0.05) is 19.8 Å². The van der Waals surface area contributed by atoms with Crippen molar-refractivity contribution in [3.63, 3.8) is 0 Å². The van der Waals surface area contributed by atoms with Crippen LogP contribution in [0.1, 0.15) is 64.7 Å². The summed E-state index contributed by atoms with van der Waals surface area (Å²) in [5.74, 6) is -1.47. The zero-order valence-corrected chi connectivity index (χ0v) is 21.8. The average molecular weight is 505 g/mol. The van der Waals surface area contributed by atoms with Gasteiger partial charge >= 0.3 is 0 Å². The molecule has 0 radical (unpaired) electrons. The van der Waals surface area contributed by atoms with Gasteiger partial charge in [0.25, 0.3) is 0 Å². The molecule has 9 heteroatoms. The summed E-state index contributed by atoms with van der Waals surface area (Å²) in [6.45, 7) is 1.71. The largest absolute Gasteiger partial charge is 0.492 e. The van der Waals surface area contributed by atoms with E-state index in [4.69, 9.17) is 18.9 Å². The van der Waals surface area contributed by atoms with Gasteiger partial charge < -0.3 is 24.1 Å². The fraction of sp³-hybridized carbons (Fsp3) is 0.556. The smallest absolute Gasteiger partial charge is 0.227 e. The number of Topliss-reactive ketones (excluding diaryl/α,β-unsaturated/α-hetero) is 4. The van der Waals surface area contributed by atoms with Gasteiger partial charge in [-0.05, 0) is 38.5 Å². The fourth-order valence-corrected chi connectivity index (χ4v) is 4.53. The second-order valence-electron chi connectivity index (χ2n) is 8.50. The molecule has 0 aliphatic heterocycles. The van der Waals surface area contributed by atoms with Crippen LogP contribution in [0.3, 0.4) is 0 Å². The number of aliphatic hydroxyl groups is 1. The van der Waals surface area contributed by atoms with Gasteiger partial charge in [0.1, 0.15) is 0 Å². The minimum Gasteiger partial charge on any atom is -0.492 e. The number of allylic oxidation sites excluding steroid dienone is 4. The number of hydrogen-bond acceptors (Lipinski definition) is 9. The first kappa shape index (κ1) is 29.0. The van der Waals surface area contributed by atoms with Crippen molar-refractivity contribution >= 4 is 23.1 Å². The van der Waals surface area contributed by atoms with Crippen molar-refractivity contribution < 1.29 is 43.2 Å². The zero-order chi connectivity index (χ0) is 26.8. The van der Waals surface area contributed by atoms with Crippen LogP contribution in [0.15, 0.2) is 45.3 Å². The van der Waals surface area contributed by atoms with E-state index in [2.05, 4.69) is 0 Å². The first-order valence-electron chi connectivity index (χ1n) is 12.2. The van der Waals surface area contributed by atoms with Crippen molar-refractivity contribution in [2.24, 2.45) is 0 Å². The van der Waals surface area contributed by atoms with Crippen molar-refractivity contribution in [1.29, 1.82) is 0 Å². The van der Waals surface area contributed by atoms with Gasteiger partial charge in [0.2, 0.25) is 23.1 Å². The predicted octanol–water partition coefficient (Wildman–Crippen LogP) is 3.42. The molecule has 0 aromatic carbocycles. The number of hydrogen-bond donors (Lipinski definition) is 1. The normalized spacial score (nSPS) is 16.9. The van der Waals surface area contributed by atoms with E-state index < -0.39 is 11.6 Å². The number of carbonyl (C=O) groups is 4. The van der Waals surface area contributed by atoms with E-state index >= 15 is 0 Å².